The molecule has 1 aliphatic heterocycles. The molecule has 27 heavy (non-hydrogen) atoms. The Bertz CT molecular complexity index is 935. The molecule has 1 atom stereocenters. The van der Waals surface area contributed by atoms with Gasteiger partial charge < -0.3 is 14.0 Å². The fourth-order valence-electron chi connectivity index (χ4n) is 3.35. The van der Waals surface area contributed by atoms with Crippen LogP contribution in [0.15, 0.2) is 24.3 Å². The van der Waals surface area contributed by atoms with Crippen molar-refractivity contribution < 1.29 is 23.3 Å². The minimum Gasteiger partial charge on any atom is -0.465 e. The Hall–Kier alpha value is -2.41. The predicted octanol–water partition coefficient (Wildman–Crippen LogP) is 3.25. The zero-order chi connectivity index (χ0) is 19.9. The van der Waals surface area contributed by atoms with E-state index in [0.29, 0.717) is 11.4 Å². The van der Waals surface area contributed by atoms with Crippen molar-refractivity contribution in [3.63, 3.8) is 0 Å². The molecule has 2 aromatic rings. The van der Waals surface area contributed by atoms with Gasteiger partial charge in [0.2, 0.25) is 0 Å². The van der Waals surface area contributed by atoms with Crippen LogP contribution >= 0.6 is 0 Å². The molecule has 0 amide bonds. The lowest BCUT2D eigenvalue weighted by Crippen LogP contribution is -2.13. The average molecular weight is 389 g/mol. The number of benzene rings is 1. The van der Waals surface area contributed by atoms with E-state index >= 15 is 0 Å². The lowest BCUT2D eigenvalue weighted by molar-refractivity contribution is 0.0556. The van der Waals surface area contributed by atoms with Gasteiger partial charge in [0.1, 0.15) is 5.56 Å². The highest BCUT2D eigenvalue weighted by Gasteiger charge is 2.36. The molecule has 0 saturated carbocycles. The zero-order valence-corrected chi connectivity index (χ0v) is 16.9. The van der Waals surface area contributed by atoms with Crippen LogP contribution in [-0.4, -0.2) is 34.9 Å². The maximum absolute atomic E-state index is 12.5. The van der Waals surface area contributed by atoms with Gasteiger partial charge >= 0.3 is 11.9 Å². The molecule has 2 heterocycles. The summed E-state index contributed by atoms with van der Waals surface area (Å²) in [6.45, 7) is 6.36. The van der Waals surface area contributed by atoms with E-state index in [2.05, 4.69) is 20.8 Å². The first-order chi connectivity index (χ1) is 12.7. The third-order valence-electron chi connectivity index (χ3n) is 4.75. The number of hydrogen-bond donors (Lipinski definition) is 0. The Labute approximate surface area is 160 Å². The first-order valence-corrected chi connectivity index (χ1v) is 10.1. The van der Waals surface area contributed by atoms with Crippen LogP contribution in [0.4, 0.5) is 0 Å². The molecular weight excluding hydrogens is 366 g/mol. The van der Waals surface area contributed by atoms with Crippen molar-refractivity contribution in [2.24, 2.45) is 0 Å². The molecular formula is C20H23NO5S. The maximum Gasteiger partial charge on any atom is 0.340 e. The Morgan fingerprint density at radius 3 is 2.07 bits per heavy atom. The molecule has 0 saturated heterocycles. The van der Waals surface area contributed by atoms with E-state index in [-0.39, 0.29) is 28.2 Å². The minimum absolute atomic E-state index is 0.0104. The number of esters is 2. The van der Waals surface area contributed by atoms with Crippen molar-refractivity contribution in [3.05, 3.63) is 46.6 Å². The molecule has 0 spiro atoms. The molecule has 0 N–H and O–H groups in total. The third kappa shape index (κ3) is 3.32. The van der Waals surface area contributed by atoms with E-state index in [1.54, 1.807) is 4.57 Å². The molecule has 6 nitrogen and oxygen atoms in total. The van der Waals surface area contributed by atoms with E-state index in [9.17, 15) is 13.8 Å². The molecule has 0 bridgehead atoms. The van der Waals surface area contributed by atoms with Crippen LogP contribution in [-0.2, 0) is 37.3 Å². The number of carbonyl (C=O) groups excluding carboxylic acids is 2. The monoisotopic (exact) mass is 389 g/mol. The van der Waals surface area contributed by atoms with Crippen LogP contribution in [0, 0.1) is 0 Å². The zero-order valence-electron chi connectivity index (χ0n) is 16.1. The highest BCUT2D eigenvalue weighted by atomic mass is 32.2. The SMILES string of the molecule is COC(=O)c1c(C(=O)OC)c(-c2ccc(C(C)(C)C)cc2)n2c1C[S@](=O)C2. The summed E-state index contributed by atoms with van der Waals surface area (Å²) in [5, 5.41) is 0. The predicted molar refractivity (Wildman–Crippen MR) is 103 cm³/mol. The van der Waals surface area contributed by atoms with Crippen LogP contribution in [0.3, 0.4) is 0 Å². The number of nitrogens with zero attached hydrogens (tertiary/aromatic N) is 1. The number of hydrogen-bond acceptors (Lipinski definition) is 5. The molecule has 1 aromatic heterocycles. The summed E-state index contributed by atoms with van der Waals surface area (Å²) in [5.74, 6) is -0.810. The Morgan fingerprint density at radius 2 is 1.56 bits per heavy atom. The highest BCUT2D eigenvalue weighted by molar-refractivity contribution is 7.83. The number of methoxy groups -OCH3 is 2. The molecule has 144 valence electrons. The van der Waals surface area contributed by atoms with Gasteiger partial charge in [-0.3, -0.25) is 4.21 Å². The van der Waals surface area contributed by atoms with E-state index in [1.807, 2.05) is 24.3 Å². The molecule has 1 aromatic carbocycles. The smallest absolute Gasteiger partial charge is 0.340 e. The number of rotatable bonds is 3. The van der Waals surface area contributed by atoms with E-state index in [4.69, 9.17) is 9.47 Å². The standard InChI is InChI=1S/C20H23NO5S/c1-20(2,3)13-8-6-12(7-9-13)17-16(19(23)26-5)15(18(22)25-4)14-10-27(24)11-21(14)17/h6-9H,10-11H2,1-5H3/t27-/m0/s1. The van der Waals surface area contributed by atoms with Gasteiger partial charge in [-0.1, -0.05) is 45.0 Å². The van der Waals surface area contributed by atoms with Gasteiger partial charge in [-0.25, -0.2) is 9.59 Å². The van der Waals surface area contributed by atoms with E-state index < -0.39 is 22.7 Å². The first-order valence-electron chi connectivity index (χ1n) is 8.57. The number of ether oxygens (including phenoxy) is 2. The second-order valence-electron chi connectivity index (χ2n) is 7.50. The van der Waals surface area contributed by atoms with Crippen molar-refractivity contribution in [2.45, 2.75) is 37.8 Å². The van der Waals surface area contributed by atoms with Gasteiger partial charge in [0.05, 0.1) is 37.1 Å². The van der Waals surface area contributed by atoms with Crippen molar-refractivity contribution in [3.8, 4) is 11.3 Å². The van der Waals surface area contributed by atoms with Crippen LogP contribution in [0.2, 0.25) is 0 Å². The van der Waals surface area contributed by atoms with Gasteiger partial charge in [-0.15, -0.1) is 0 Å². The normalized spacial score (nSPS) is 16.1. The lowest BCUT2D eigenvalue weighted by atomic mass is 9.86. The van der Waals surface area contributed by atoms with Crippen LogP contribution < -0.4 is 0 Å². The summed E-state index contributed by atoms with van der Waals surface area (Å²) in [5.41, 5.74) is 3.31. The van der Waals surface area contributed by atoms with Gasteiger partial charge in [0.25, 0.3) is 0 Å². The first kappa shape index (κ1) is 19.4. The Kier molecular flexibility index (Phi) is 4.99. The van der Waals surface area contributed by atoms with Gasteiger partial charge in [0, 0.05) is 16.5 Å². The summed E-state index contributed by atoms with van der Waals surface area (Å²) >= 11 is 0. The Morgan fingerprint density at radius 1 is 1.00 bits per heavy atom. The summed E-state index contributed by atoms with van der Waals surface area (Å²) < 4.78 is 23.8. The number of carbonyl (C=O) groups is 2. The van der Waals surface area contributed by atoms with Crippen molar-refractivity contribution in [2.75, 3.05) is 14.2 Å². The fourth-order valence-corrected chi connectivity index (χ4v) is 4.62. The van der Waals surface area contributed by atoms with Crippen LogP contribution in [0.25, 0.3) is 11.3 Å². The van der Waals surface area contributed by atoms with Gasteiger partial charge in [-0.2, -0.15) is 0 Å². The molecule has 7 heteroatoms. The third-order valence-corrected chi connectivity index (χ3v) is 5.89. The number of fused-ring (bicyclic) bond motifs is 1. The molecule has 0 unspecified atom stereocenters. The fraction of sp³-hybridized carbons (Fsp3) is 0.400. The second-order valence-corrected chi connectivity index (χ2v) is 8.92. The lowest BCUT2D eigenvalue weighted by Gasteiger charge is -2.19. The van der Waals surface area contributed by atoms with Gasteiger partial charge in [0.15, 0.2) is 0 Å². The van der Waals surface area contributed by atoms with Crippen molar-refractivity contribution in [1.29, 1.82) is 0 Å². The van der Waals surface area contributed by atoms with Crippen LogP contribution in [0.1, 0.15) is 52.7 Å². The number of aromatic nitrogens is 1. The highest BCUT2D eigenvalue weighted by Crippen LogP contribution is 2.37. The quantitative estimate of drug-likeness (QED) is 0.754. The Balaban J connectivity index is 2.27. The summed E-state index contributed by atoms with van der Waals surface area (Å²) in [6, 6.07) is 7.83. The topological polar surface area (TPSA) is 74.6 Å². The van der Waals surface area contributed by atoms with E-state index in [0.717, 1.165) is 11.1 Å². The molecule has 1 aliphatic rings. The maximum atomic E-state index is 12.5. The van der Waals surface area contributed by atoms with Crippen molar-refractivity contribution in [1.82, 2.24) is 4.57 Å². The largest absolute Gasteiger partial charge is 0.465 e. The molecule has 0 fully saturated rings. The molecule has 0 radical (unpaired) electrons. The molecule has 3 rings (SSSR count). The van der Waals surface area contributed by atoms with Crippen molar-refractivity contribution >= 4 is 22.7 Å². The van der Waals surface area contributed by atoms with Gasteiger partial charge in [-0.05, 0) is 16.5 Å². The molecule has 0 aliphatic carbocycles. The van der Waals surface area contributed by atoms with E-state index in [1.165, 1.54) is 14.2 Å². The minimum atomic E-state index is -1.14. The summed E-state index contributed by atoms with van der Waals surface area (Å²) in [4.78, 5) is 25.0. The summed E-state index contributed by atoms with van der Waals surface area (Å²) in [7, 11) is 1.40. The summed E-state index contributed by atoms with van der Waals surface area (Å²) in [6.07, 6.45) is 0. The van der Waals surface area contributed by atoms with Crippen LogP contribution in [0.5, 0.6) is 0 Å². The second kappa shape index (κ2) is 6.96. The average Bonchev–Trinajstić information content (AvgIpc) is 3.14.